The van der Waals surface area contributed by atoms with Crippen molar-refractivity contribution in [3.05, 3.63) is 76.6 Å². The molecule has 23 heteroatoms. The number of halogens is 1. The van der Waals surface area contributed by atoms with Gasteiger partial charge in [0, 0.05) is 57.5 Å². The fraction of sp³-hybridized carbons (Fsp3) is 0.542. The van der Waals surface area contributed by atoms with Gasteiger partial charge in [0.1, 0.15) is 12.1 Å². The Hall–Kier alpha value is -6.12. The number of carbonyl (C=O) groups excluding carboxylic acids is 8. The number of esters is 2. The number of benzene rings is 2. The third-order valence-corrected chi connectivity index (χ3v) is 11.5. The first-order valence-electron chi connectivity index (χ1n) is 23.6. The van der Waals surface area contributed by atoms with Crippen LogP contribution >= 0.6 is 0 Å². The normalized spacial score (nSPS) is 18.3. The molecule has 6 amide bonds. The van der Waals surface area contributed by atoms with Gasteiger partial charge in [-0.15, -0.1) is 0 Å². The minimum absolute atomic E-state index is 0.0921. The summed E-state index contributed by atoms with van der Waals surface area (Å²) < 4.78 is 19.3. The van der Waals surface area contributed by atoms with Gasteiger partial charge in [0.05, 0.1) is 44.8 Å². The van der Waals surface area contributed by atoms with Crippen molar-refractivity contribution in [2.75, 3.05) is 84.7 Å². The summed E-state index contributed by atoms with van der Waals surface area (Å²) in [7, 11) is 3.65. The van der Waals surface area contributed by atoms with Crippen LogP contribution in [0.2, 0.25) is 0 Å². The van der Waals surface area contributed by atoms with Gasteiger partial charge in [0.15, 0.2) is 0 Å². The van der Waals surface area contributed by atoms with E-state index >= 15 is 0 Å². The summed E-state index contributed by atoms with van der Waals surface area (Å²) >= 11 is 0.917. The maximum atomic E-state index is 13.4. The Morgan fingerprint density at radius 3 is 1.96 bits per heavy atom. The summed E-state index contributed by atoms with van der Waals surface area (Å²) in [5, 5.41) is 10.5. The molecule has 0 bridgehead atoms. The molecule has 388 valence electrons. The predicted molar refractivity (Wildman–Crippen MR) is 266 cm³/mol. The van der Waals surface area contributed by atoms with Crippen LogP contribution in [0.3, 0.4) is 0 Å². The first-order valence-corrected chi connectivity index (χ1v) is 24.1. The molecule has 2 aromatic rings. The number of ether oxygens (including phenoxy) is 2. The molecule has 10 N–H and O–H groups in total. The van der Waals surface area contributed by atoms with E-state index in [0.717, 1.165) is 51.1 Å². The zero-order valence-electron chi connectivity index (χ0n) is 41.9. The zero-order chi connectivity index (χ0) is 53.0. The molecule has 21 nitrogen and oxygen atoms in total. The number of nitrogens with zero attached hydrogens (tertiary/aromatic N) is 4. The number of para-hydroxylation sites is 1. The number of cyclic esters (lactones) is 2. The molecule has 0 aliphatic carbocycles. The number of rotatable bonds is 15. The molecule has 0 aromatic heterocycles. The van der Waals surface area contributed by atoms with Crippen LogP contribution in [0.1, 0.15) is 69.2 Å². The molecule has 3 heterocycles. The van der Waals surface area contributed by atoms with Crippen molar-refractivity contribution < 1.29 is 51.4 Å². The number of primary amides is 1. The van der Waals surface area contributed by atoms with Gasteiger partial charge in [0.2, 0.25) is 42.2 Å². The monoisotopic (exact) mass is 1010 g/mol. The fourth-order valence-corrected chi connectivity index (χ4v) is 7.50. The fourth-order valence-electron chi connectivity index (χ4n) is 7.50. The van der Waals surface area contributed by atoms with E-state index < -0.39 is 35.8 Å². The molecule has 0 radical (unpaired) electrons. The standard InChI is InChI=1S/C24H36N6O7.C22H31N5O3.C2H6.Al.FH/c1-28-7-9-30(10-8-29(2)16-24(35)37-17-36-23(34)15-28)14-19-5-3-18(4-6-19)11-21(32)27-13-22(33)26-12-20(25)31;1-3-13(2)9-19(28)26-17-8-7-14-5-4-6-15-10-18(27(20(14)15)22(17)30)21(29)25-12-16(24)11-23;1-2;;/h3-6H,7-17H2,1-2H3,(H2,25,31)(H,26,33)(H,27,32);4-6,11,13,17-18H,3,7-10,12,23-24H2,1-2H3,(H,25,29)(H,26,28);1-2H3;;1H/q;;;+3;/p-1/b;16-11-;;;. The van der Waals surface area contributed by atoms with Crippen molar-refractivity contribution in [3.63, 3.8) is 0 Å². The summed E-state index contributed by atoms with van der Waals surface area (Å²) in [5.74, 6) is -2.80. The van der Waals surface area contributed by atoms with Gasteiger partial charge in [0.25, 0.3) is 0 Å². The van der Waals surface area contributed by atoms with Crippen molar-refractivity contribution >= 4 is 69.8 Å². The Morgan fingerprint density at radius 1 is 0.803 bits per heavy atom. The van der Waals surface area contributed by atoms with Gasteiger partial charge < -0.3 is 47.9 Å². The molecule has 1 saturated heterocycles. The summed E-state index contributed by atoms with van der Waals surface area (Å²) in [6.07, 6.45) is 4.23. The number of likely N-dealkylation sites (N-methyl/N-ethyl adjacent to an activating group) is 2. The number of nitrogens with two attached hydrogens (primary N) is 3. The van der Waals surface area contributed by atoms with Crippen LogP contribution in [0.25, 0.3) is 0 Å². The van der Waals surface area contributed by atoms with Crippen LogP contribution in [0.15, 0.2) is 54.4 Å². The van der Waals surface area contributed by atoms with Gasteiger partial charge in [-0.05, 0) is 55.1 Å². The van der Waals surface area contributed by atoms with Crippen molar-refractivity contribution in [1.29, 1.82) is 0 Å². The van der Waals surface area contributed by atoms with Gasteiger partial charge in [-0.2, -0.15) is 0 Å². The van der Waals surface area contributed by atoms with E-state index in [2.05, 4.69) is 26.2 Å². The van der Waals surface area contributed by atoms with E-state index in [1.807, 2.05) is 94.1 Å². The van der Waals surface area contributed by atoms with Crippen LogP contribution in [0.5, 0.6) is 0 Å². The Balaban J connectivity index is 0.000000463. The molecule has 3 unspecified atom stereocenters. The van der Waals surface area contributed by atoms with E-state index in [4.69, 9.17) is 26.7 Å². The molecule has 3 atom stereocenters. The average molecular weight is 1010 g/mol. The topological polar surface area (TPSA) is 294 Å². The number of carbonyl (C=O) groups is 8. The van der Waals surface area contributed by atoms with Crippen molar-refractivity contribution in [2.45, 2.75) is 84.8 Å². The van der Waals surface area contributed by atoms with E-state index in [-0.39, 0.29) is 75.5 Å². The number of aryl methyl sites for hydroxylation is 1. The second kappa shape index (κ2) is 32.7. The number of hydrogen-bond acceptors (Lipinski definition) is 15. The Morgan fingerprint density at radius 2 is 1.38 bits per heavy atom. The van der Waals surface area contributed by atoms with Crippen LogP contribution in [-0.4, -0.2) is 171 Å². The number of hydrogen-bond donors (Lipinski definition) is 7. The summed E-state index contributed by atoms with van der Waals surface area (Å²) in [5.41, 5.74) is 21.0. The molecule has 3 aliphatic heterocycles. The number of amides is 6. The summed E-state index contributed by atoms with van der Waals surface area (Å²) in [4.78, 5) is 104. The molecule has 1 fully saturated rings. The Kier molecular flexibility index (Phi) is 28.1. The van der Waals surface area contributed by atoms with Crippen LogP contribution < -0.4 is 43.4 Å². The van der Waals surface area contributed by atoms with Gasteiger partial charge >= 0.3 is 32.2 Å². The molecule has 0 spiro atoms. The molecular formula is C48H73AlFN11O10+2. The van der Waals surface area contributed by atoms with E-state index in [1.165, 1.54) is 6.20 Å². The Bertz CT molecular complexity index is 2090. The molecular weight excluding hydrogens is 937 g/mol. The SMILES string of the molecule is CC.CCC(C)CC(=O)NC1CCc2cccc3c2N(C1=O)C(C(=O)NC/C(N)=C/N)C3.CN1CCN(Cc2ccc(CC(=O)NCC(=O)NCC(N)=O)cc2)CCN(C)CC(=O)OCOC(=O)C1.[F][Al+2]. The van der Waals surface area contributed by atoms with Gasteiger partial charge in [-0.1, -0.05) is 76.6 Å². The first kappa shape index (κ1) is 61.0. The average Bonchev–Trinajstić information content (AvgIpc) is 3.69. The van der Waals surface area contributed by atoms with E-state index in [9.17, 15) is 41.9 Å². The predicted octanol–water partition coefficient (Wildman–Crippen LogP) is -0.578. The van der Waals surface area contributed by atoms with E-state index in [1.54, 1.807) is 4.90 Å². The van der Waals surface area contributed by atoms with Gasteiger partial charge in [-0.25, -0.2) is 0 Å². The summed E-state index contributed by atoms with van der Waals surface area (Å²) in [6, 6.07) is 12.2. The second-order valence-corrected chi connectivity index (χ2v) is 17.1. The molecule has 0 saturated carbocycles. The van der Waals surface area contributed by atoms with Gasteiger partial charge in [-0.3, -0.25) is 58.0 Å². The van der Waals surface area contributed by atoms with Crippen LogP contribution in [0, 0.1) is 5.92 Å². The van der Waals surface area contributed by atoms with E-state index in [0.29, 0.717) is 64.1 Å². The minimum atomic E-state index is -0.675. The first-order chi connectivity index (χ1) is 34.0. The van der Waals surface area contributed by atoms with Crippen LogP contribution in [-0.2, 0) is 73.6 Å². The van der Waals surface area contributed by atoms with Crippen molar-refractivity contribution in [3.8, 4) is 0 Å². The third kappa shape index (κ3) is 21.8. The number of nitrogens with one attached hydrogen (secondary N) is 4. The zero-order valence-corrected chi connectivity index (χ0v) is 43.1. The maximum absolute atomic E-state index is 13.4. The molecule has 2 aromatic carbocycles. The van der Waals surface area contributed by atoms with Crippen molar-refractivity contribution in [1.82, 2.24) is 36.0 Å². The summed E-state index contributed by atoms with van der Waals surface area (Å²) in [6.45, 7) is 10.8. The third-order valence-electron chi connectivity index (χ3n) is 11.5. The Labute approximate surface area is 425 Å². The molecule has 71 heavy (non-hydrogen) atoms. The van der Waals surface area contributed by atoms with Crippen molar-refractivity contribution in [2.24, 2.45) is 23.1 Å². The quantitative estimate of drug-likeness (QED) is 0.0868. The molecule has 5 rings (SSSR count). The molecule has 3 aliphatic rings. The second-order valence-electron chi connectivity index (χ2n) is 17.1. The number of anilines is 1. The van der Waals surface area contributed by atoms with Crippen LogP contribution in [0.4, 0.5) is 9.21 Å².